The second-order valence-electron chi connectivity index (χ2n) is 7.38. The normalized spacial score (nSPS) is 14.0. The molecule has 1 aromatic heterocycles. The summed E-state index contributed by atoms with van der Waals surface area (Å²) < 4.78 is 2.11. The minimum Gasteiger partial charge on any atom is -0.356 e. The molecule has 28 heavy (non-hydrogen) atoms. The summed E-state index contributed by atoms with van der Waals surface area (Å²) in [6.07, 6.45) is 4.36. The van der Waals surface area contributed by atoms with Gasteiger partial charge in [-0.15, -0.1) is 0 Å². The molecule has 0 saturated carbocycles. The van der Waals surface area contributed by atoms with Gasteiger partial charge in [0, 0.05) is 59.1 Å². The van der Waals surface area contributed by atoms with E-state index in [4.69, 9.17) is 0 Å². The fourth-order valence-corrected chi connectivity index (χ4v) is 3.67. The number of aryl methyl sites for hydroxylation is 1. The fourth-order valence-electron chi connectivity index (χ4n) is 3.67. The summed E-state index contributed by atoms with van der Waals surface area (Å²) in [7, 11) is 5.86. The molecule has 0 bridgehead atoms. The summed E-state index contributed by atoms with van der Waals surface area (Å²) in [6.45, 7) is 3.09. The van der Waals surface area contributed by atoms with E-state index in [1.807, 2.05) is 37.3 Å². The first-order valence-electron chi connectivity index (χ1n) is 9.95. The van der Waals surface area contributed by atoms with E-state index in [-0.39, 0.29) is 5.91 Å². The van der Waals surface area contributed by atoms with Gasteiger partial charge in [-0.2, -0.15) is 0 Å². The summed E-state index contributed by atoms with van der Waals surface area (Å²) in [5.74, 6) is 1.09. The third-order valence-corrected chi connectivity index (χ3v) is 5.36. The van der Waals surface area contributed by atoms with Gasteiger partial charge in [-0.25, -0.2) is 0 Å². The lowest BCUT2D eigenvalue weighted by Crippen LogP contribution is -2.40. The highest BCUT2D eigenvalue weighted by atomic mass is 16.2. The monoisotopic (exact) mass is 381 g/mol. The number of aliphatic imine (C=N–C) groups is 1. The maximum Gasteiger partial charge on any atom is 0.222 e. The number of fused-ring (bicyclic) bond motifs is 1. The van der Waals surface area contributed by atoms with Crippen LogP contribution in [-0.4, -0.2) is 53.4 Å². The van der Waals surface area contributed by atoms with Crippen LogP contribution in [0.4, 0.5) is 0 Å². The second-order valence-corrected chi connectivity index (χ2v) is 7.38. The Kier molecular flexibility index (Phi) is 6.74. The predicted molar refractivity (Wildman–Crippen MR) is 113 cm³/mol. The largest absolute Gasteiger partial charge is 0.356 e. The van der Waals surface area contributed by atoms with Crippen molar-refractivity contribution in [2.24, 2.45) is 12.0 Å². The maximum absolute atomic E-state index is 12.6. The fraction of sp³-hybridized carbons (Fsp3) is 0.455. The van der Waals surface area contributed by atoms with Gasteiger partial charge in [-0.05, 0) is 36.1 Å². The summed E-state index contributed by atoms with van der Waals surface area (Å²) in [5, 5.41) is 3.37. The van der Waals surface area contributed by atoms with Crippen LogP contribution in [0.5, 0.6) is 0 Å². The zero-order chi connectivity index (χ0) is 19.9. The van der Waals surface area contributed by atoms with Gasteiger partial charge in [0.05, 0.1) is 6.54 Å². The number of carbonyl (C=O) groups excluding carboxylic acids is 1. The average Bonchev–Trinajstić information content (AvgIpc) is 3.11. The van der Waals surface area contributed by atoms with Crippen LogP contribution in [0, 0.1) is 0 Å². The van der Waals surface area contributed by atoms with E-state index in [0.717, 1.165) is 45.0 Å². The first kappa shape index (κ1) is 20.0. The number of guanidine groups is 1. The molecule has 1 amide bonds. The topological polar surface area (TPSA) is 52.9 Å². The molecule has 2 aromatic rings. The Morgan fingerprint density at radius 3 is 2.71 bits per heavy atom. The highest BCUT2D eigenvalue weighted by molar-refractivity contribution is 5.80. The van der Waals surface area contributed by atoms with Crippen LogP contribution in [-0.2, 0) is 31.4 Å². The van der Waals surface area contributed by atoms with Gasteiger partial charge in [0.2, 0.25) is 5.91 Å². The van der Waals surface area contributed by atoms with Crippen LogP contribution in [0.2, 0.25) is 0 Å². The molecule has 6 nitrogen and oxygen atoms in total. The first-order valence-corrected chi connectivity index (χ1v) is 9.95. The number of carbonyl (C=O) groups is 1. The predicted octanol–water partition coefficient (Wildman–Crippen LogP) is 2.40. The number of rotatable bonds is 6. The number of nitrogens with zero attached hydrogens (tertiary/aromatic N) is 4. The van der Waals surface area contributed by atoms with Crippen molar-refractivity contribution in [3.05, 3.63) is 59.4 Å². The molecule has 3 rings (SSSR count). The molecule has 6 heteroatoms. The van der Waals surface area contributed by atoms with E-state index in [2.05, 4.69) is 44.0 Å². The molecule has 1 N–H and O–H groups in total. The Balaban J connectivity index is 1.41. The molecular formula is C22H31N5O. The summed E-state index contributed by atoms with van der Waals surface area (Å²) in [4.78, 5) is 21.0. The number of benzene rings is 1. The van der Waals surface area contributed by atoms with Crippen molar-refractivity contribution in [2.45, 2.75) is 32.4 Å². The number of aromatic nitrogens is 1. The van der Waals surface area contributed by atoms with Gasteiger partial charge < -0.3 is 19.7 Å². The van der Waals surface area contributed by atoms with Gasteiger partial charge in [0.1, 0.15) is 0 Å². The van der Waals surface area contributed by atoms with Crippen LogP contribution in [0.25, 0.3) is 0 Å². The zero-order valence-electron chi connectivity index (χ0n) is 17.2. The van der Waals surface area contributed by atoms with Gasteiger partial charge in [-0.1, -0.05) is 24.3 Å². The van der Waals surface area contributed by atoms with Crippen molar-refractivity contribution in [1.29, 1.82) is 0 Å². The average molecular weight is 382 g/mol. The standard InChI is InChI=1S/C22H31N5O/c1-23-22(26(3)17-20-10-7-14-25(20)2)24-13-6-11-21(28)27-15-12-18-8-4-5-9-19(18)16-27/h4-5,7-10,14H,6,11-13,15-17H2,1-3H3,(H,23,24). The van der Waals surface area contributed by atoms with E-state index in [1.54, 1.807) is 7.05 Å². The van der Waals surface area contributed by atoms with Gasteiger partial charge in [0.25, 0.3) is 0 Å². The number of hydrogen-bond donors (Lipinski definition) is 1. The van der Waals surface area contributed by atoms with Crippen molar-refractivity contribution in [1.82, 2.24) is 19.7 Å². The molecule has 1 aliphatic heterocycles. The molecule has 0 fully saturated rings. The molecular weight excluding hydrogens is 350 g/mol. The Morgan fingerprint density at radius 1 is 1.21 bits per heavy atom. The maximum atomic E-state index is 12.6. The van der Waals surface area contributed by atoms with Crippen molar-refractivity contribution in [2.75, 3.05) is 27.2 Å². The number of hydrogen-bond acceptors (Lipinski definition) is 2. The Hall–Kier alpha value is -2.76. The lowest BCUT2D eigenvalue weighted by Gasteiger charge is -2.29. The van der Waals surface area contributed by atoms with E-state index in [9.17, 15) is 4.79 Å². The molecule has 0 saturated heterocycles. The highest BCUT2D eigenvalue weighted by Gasteiger charge is 2.19. The molecule has 0 aliphatic carbocycles. The Morgan fingerprint density at radius 2 is 2.00 bits per heavy atom. The van der Waals surface area contributed by atoms with E-state index in [1.165, 1.54) is 16.8 Å². The molecule has 0 atom stereocenters. The van der Waals surface area contributed by atoms with Gasteiger partial charge >= 0.3 is 0 Å². The van der Waals surface area contributed by atoms with Crippen molar-refractivity contribution in [3.8, 4) is 0 Å². The van der Waals surface area contributed by atoms with Crippen LogP contribution < -0.4 is 5.32 Å². The molecule has 0 spiro atoms. The molecule has 1 aromatic carbocycles. The van der Waals surface area contributed by atoms with Crippen molar-refractivity contribution >= 4 is 11.9 Å². The van der Waals surface area contributed by atoms with E-state index in [0.29, 0.717) is 6.42 Å². The van der Waals surface area contributed by atoms with Gasteiger partial charge in [0.15, 0.2) is 5.96 Å². The van der Waals surface area contributed by atoms with Gasteiger partial charge in [-0.3, -0.25) is 9.79 Å². The van der Waals surface area contributed by atoms with Crippen LogP contribution in [0.3, 0.4) is 0 Å². The molecule has 0 unspecified atom stereocenters. The quantitative estimate of drug-likeness (QED) is 0.475. The second kappa shape index (κ2) is 9.44. The third kappa shape index (κ3) is 4.94. The number of amides is 1. The SMILES string of the molecule is CN=C(NCCCC(=O)N1CCc2ccccc2C1)N(C)Cc1cccn1C. The first-order chi connectivity index (χ1) is 13.6. The minimum absolute atomic E-state index is 0.239. The van der Waals surface area contributed by atoms with E-state index < -0.39 is 0 Å². The molecule has 1 aliphatic rings. The summed E-state index contributed by atoms with van der Waals surface area (Å²) >= 11 is 0. The highest BCUT2D eigenvalue weighted by Crippen LogP contribution is 2.19. The lowest BCUT2D eigenvalue weighted by atomic mass is 9.99. The smallest absolute Gasteiger partial charge is 0.222 e. The Bertz CT molecular complexity index is 826. The molecule has 150 valence electrons. The minimum atomic E-state index is 0.239. The number of nitrogens with one attached hydrogen (secondary N) is 1. The van der Waals surface area contributed by atoms with Crippen LogP contribution >= 0.6 is 0 Å². The summed E-state index contributed by atoms with van der Waals surface area (Å²) in [6, 6.07) is 12.6. The lowest BCUT2D eigenvalue weighted by molar-refractivity contribution is -0.132. The van der Waals surface area contributed by atoms with E-state index >= 15 is 0 Å². The molecule has 2 heterocycles. The van der Waals surface area contributed by atoms with Crippen molar-refractivity contribution in [3.63, 3.8) is 0 Å². The zero-order valence-corrected chi connectivity index (χ0v) is 17.2. The molecule has 0 radical (unpaired) electrons. The van der Waals surface area contributed by atoms with Crippen LogP contribution in [0.15, 0.2) is 47.6 Å². The van der Waals surface area contributed by atoms with Crippen molar-refractivity contribution < 1.29 is 4.79 Å². The third-order valence-electron chi connectivity index (χ3n) is 5.36. The Labute approximate surface area is 167 Å². The summed E-state index contributed by atoms with van der Waals surface area (Å²) in [5.41, 5.74) is 3.88. The van der Waals surface area contributed by atoms with Crippen LogP contribution in [0.1, 0.15) is 29.7 Å².